The van der Waals surface area contributed by atoms with Crippen LogP contribution in [0.15, 0.2) is 51.8 Å². The van der Waals surface area contributed by atoms with Crippen molar-refractivity contribution >= 4 is 33.6 Å². The van der Waals surface area contributed by atoms with Crippen LogP contribution in [0.3, 0.4) is 0 Å². The molecule has 0 bridgehead atoms. The molecule has 2 aromatic carbocycles. The Morgan fingerprint density at radius 1 is 1.29 bits per heavy atom. The summed E-state index contributed by atoms with van der Waals surface area (Å²) in [6, 6.07) is 12.1. The lowest BCUT2D eigenvalue weighted by atomic mass is 10.0. The maximum absolute atomic E-state index is 13.8. The molecular weight excluding hydrogens is 353 g/mol. The zero-order valence-electron chi connectivity index (χ0n) is 11.1. The van der Waals surface area contributed by atoms with Gasteiger partial charge in [-0.15, -0.1) is 11.8 Å². The summed E-state index contributed by atoms with van der Waals surface area (Å²) in [6.45, 7) is 0. The molecule has 0 saturated carbocycles. The number of carbonyl (C=O) groups is 1. The fraction of sp³-hybridized carbons (Fsp3) is 0.188. The molecule has 0 aliphatic carbocycles. The van der Waals surface area contributed by atoms with Crippen LogP contribution in [0.4, 0.5) is 4.39 Å². The van der Waals surface area contributed by atoms with Gasteiger partial charge >= 0.3 is 0 Å². The Balaban J connectivity index is 1.84. The predicted octanol–water partition coefficient (Wildman–Crippen LogP) is 4.56. The van der Waals surface area contributed by atoms with E-state index in [1.54, 1.807) is 18.2 Å². The van der Waals surface area contributed by atoms with Gasteiger partial charge in [0.15, 0.2) is 0 Å². The summed E-state index contributed by atoms with van der Waals surface area (Å²) >= 11 is 4.87. The average molecular weight is 366 g/mol. The fourth-order valence-corrected chi connectivity index (χ4v) is 3.95. The fourth-order valence-electron chi connectivity index (χ4n) is 2.41. The third-order valence-corrected chi connectivity index (χ3v) is 5.07. The van der Waals surface area contributed by atoms with Gasteiger partial charge in [-0.2, -0.15) is 0 Å². The van der Waals surface area contributed by atoms with E-state index in [4.69, 9.17) is 0 Å². The molecule has 1 heterocycles. The first-order valence-electron chi connectivity index (χ1n) is 6.63. The molecule has 1 atom stereocenters. The number of halogens is 2. The molecule has 0 radical (unpaired) electrons. The number of fused-ring (bicyclic) bond motifs is 1. The monoisotopic (exact) mass is 365 g/mol. The molecule has 2 aromatic rings. The summed E-state index contributed by atoms with van der Waals surface area (Å²) in [6.07, 6.45) is 0.806. The van der Waals surface area contributed by atoms with Gasteiger partial charge in [-0.3, -0.25) is 4.79 Å². The van der Waals surface area contributed by atoms with Crippen molar-refractivity contribution in [3.63, 3.8) is 0 Å². The van der Waals surface area contributed by atoms with Gasteiger partial charge in [-0.1, -0.05) is 34.1 Å². The molecule has 5 heteroatoms. The molecule has 0 fully saturated rings. The van der Waals surface area contributed by atoms with Crippen molar-refractivity contribution in [2.75, 3.05) is 5.75 Å². The van der Waals surface area contributed by atoms with Crippen LogP contribution in [0.5, 0.6) is 0 Å². The lowest BCUT2D eigenvalue weighted by molar-refractivity contribution is 0.0934. The highest BCUT2D eigenvalue weighted by molar-refractivity contribution is 9.10. The van der Waals surface area contributed by atoms with Crippen molar-refractivity contribution in [3.05, 3.63) is 63.9 Å². The van der Waals surface area contributed by atoms with E-state index in [1.807, 2.05) is 18.2 Å². The van der Waals surface area contributed by atoms with Crippen LogP contribution < -0.4 is 5.32 Å². The first kappa shape index (κ1) is 14.6. The Kier molecular flexibility index (Phi) is 4.31. The summed E-state index contributed by atoms with van der Waals surface area (Å²) in [7, 11) is 0. The minimum absolute atomic E-state index is 0.136. The standard InChI is InChI=1S/C16H13BrFNOS/c17-11-4-1-3-10(9-11)16(20)19-14-7-8-21-15-12(14)5-2-6-13(15)18/h1-6,9,14H,7-8H2,(H,19,20). The largest absolute Gasteiger partial charge is 0.345 e. The number of hydrogen-bond donors (Lipinski definition) is 1. The smallest absolute Gasteiger partial charge is 0.251 e. The second-order valence-corrected chi connectivity index (χ2v) is 6.85. The van der Waals surface area contributed by atoms with Gasteiger partial charge in [-0.05, 0) is 36.2 Å². The second kappa shape index (κ2) is 6.20. The Morgan fingerprint density at radius 3 is 2.90 bits per heavy atom. The molecule has 1 unspecified atom stereocenters. The van der Waals surface area contributed by atoms with E-state index in [1.165, 1.54) is 17.8 Å². The maximum atomic E-state index is 13.8. The van der Waals surface area contributed by atoms with E-state index in [0.29, 0.717) is 10.5 Å². The number of carbonyl (C=O) groups excluding carboxylic acids is 1. The molecular formula is C16H13BrFNOS. The number of amides is 1. The van der Waals surface area contributed by atoms with Crippen LogP contribution in [-0.2, 0) is 0 Å². The van der Waals surface area contributed by atoms with Gasteiger partial charge in [-0.25, -0.2) is 4.39 Å². The molecule has 1 amide bonds. The zero-order valence-corrected chi connectivity index (χ0v) is 13.5. The summed E-state index contributed by atoms with van der Waals surface area (Å²) in [4.78, 5) is 13.0. The van der Waals surface area contributed by atoms with Gasteiger partial charge < -0.3 is 5.32 Å². The Morgan fingerprint density at radius 2 is 2.10 bits per heavy atom. The van der Waals surface area contributed by atoms with Crippen molar-refractivity contribution in [1.82, 2.24) is 5.32 Å². The summed E-state index contributed by atoms with van der Waals surface area (Å²) in [5, 5.41) is 3.01. The molecule has 2 nitrogen and oxygen atoms in total. The number of hydrogen-bond acceptors (Lipinski definition) is 2. The molecule has 21 heavy (non-hydrogen) atoms. The van der Waals surface area contributed by atoms with E-state index < -0.39 is 0 Å². The SMILES string of the molecule is O=C(NC1CCSc2c(F)cccc21)c1cccc(Br)c1. The predicted molar refractivity (Wildman–Crippen MR) is 86.1 cm³/mol. The van der Waals surface area contributed by atoms with Crippen LogP contribution in [0, 0.1) is 5.82 Å². The molecule has 0 aromatic heterocycles. The quantitative estimate of drug-likeness (QED) is 0.845. The first-order chi connectivity index (χ1) is 10.1. The number of rotatable bonds is 2. The normalized spacial score (nSPS) is 17.1. The van der Waals surface area contributed by atoms with E-state index in [-0.39, 0.29) is 17.8 Å². The summed E-state index contributed by atoms with van der Waals surface area (Å²) in [5.41, 5.74) is 1.47. The highest BCUT2D eigenvalue weighted by Crippen LogP contribution is 2.37. The minimum atomic E-state index is -0.209. The van der Waals surface area contributed by atoms with Crippen LogP contribution in [0.1, 0.15) is 28.4 Å². The Bertz CT molecular complexity index is 692. The third kappa shape index (κ3) is 3.14. The zero-order chi connectivity index (χ0) is 14.8. The lowest BCUT2D eigenvalue weighted by Gasteiger charge is -2.26. The van der Waals surface area contributed by atoms with Crippen molar-refractivity contribution in [3.8, 4) is 0 Å². The van der Waals surface area contributed by atoms with Gasteiger partial charge in [0.25, 0.3) is 5.91 Å². The van der Waals surface area contributed by atoms with E-state index >= 15 is 0 Å². The Hall–Kier alpha value is -1.33. The number of benzene rings is 2. The molecule has 108 valence electrons. The minimum Gasteiger partial charge on any atom is -0.345 e. The van der Waals surface area contributed by atoms with Gasteiger partial charge in [0.1, 0.15) is 5.82 Å². The molecule has 0 saturated heterocycles. The van der Waals surface area contributed by atoms with Crippen LogP contribution >= 0.6 is 27.7 Å². The van der Waals surface area contributed by atoms with Crippen LogP contribution in [-0.4, -0.2) is 11.7 Å². The van der Waals surface area contributed by atoms with Crippen molar-refractivity contribution in [1.29, 1.82) is 0 Å². The van der Waals surface area contributed by atoms with Gasteiger partial charge in [0.05, 0.1) is 6.04 Å². The molecule has 1 aliphatic heterocycles. The van der Waals surface area contributed by atoms with Gasteiger partial charge in [0.2, 0.25) is 0 Å². The first-order valence-corrected chi connectivity index (χ1v) is 8.40. The molecule has 1 aliphatic rings. The topological polar surface area (TPSA) is 29.1 Å². The second-order valence-electron chi connectivity index (χ2n) is 4.83. The highest BCUT2D eigenvalue weighted by Gasteiger charge is 2.24. The van der Waals surface area contributed by atoms with E-state index in [0.717, 1.165) is 22.2 Å². The van der Waals surface area contributed by atoms with Crippen molar-refractivity contribution < 1.29 is 9.18 Å². The van der Waals surface area contributed by atoms with Gasteiger partial charge in [0, 0.05) is 20.7 Å². The van der Waals surface area contributed by atoms with Crippen molar-refractivity contribution in [2.45, 2.75) is 17.4 Å². The molecule has 0 spiro atoms. The number of thioether (sulfide) groups is 1. The van der Waals surface area contributed by atoms with Crippen molar-refractivity contribution in [2.24, 2.45) is 0 Å². The van der Waals surface area contributed by atoms with Crippen LogP contribution in [0.2, 0.25) is 0 Å². The maximum Gasteiger partial charge on any atom is 0.251 e. The molecule has 1 N–H and O–H groups in total. The molecule has 3 rings (SSSR count). The lowest BCUT2D eigenvalue weighted by Crippen LogP contribution is -2.30. The highest BCUT2D eigenvalue weighted by atomic mass is 79.9. The van der Waals surface area contributed by atoms with Crippen LogP contribution in [0.25, 0.3) is 0 Å². The van der Waals surface area contributed by atoms with E-state index in [9.17, 15) is 9.18 Å². The third-order valence-electron chi connectivity index (χ3n) is 3.42. The number of nitrogens with one attached hydrogen (secondary N) is 1. The Labute approximate surface area is 135 Å². The van der Waals surface area contributed by atoms with E-state index in [2.05, 4.69) is 21.2 Å². The average Bonchev–Trinajstić information content (AvgIpc) is 2.48. The summed E-state index contributed by atoms with van der Waals surface area (Å²) in [5.74, 6) is 0.458. The summed E-state index contributed by atoms with van der Waals surface area (Å²) < 4.78 is 14.7.